The van der Waals surface area contributed by atoms with Gasteiger partial charge in [-0.15, -0.1) is 0 Å². The van der Waals surface area contributed by atoms with Gasteiger partial charge in [-0.1, -0.05) is 276 Å². The molecule has 0 radical (unpaired) electrons. The first kappa shape index (κ1) is 135. The molecule has 0 spiro atoms. The SMILES string of the molecule is CC(C)CC(=O)CS(=O)(=O)CC(C)C.CC(C)CCS(=O)(=O)CC(C)C.CC(C)CNC(C)C.CC(C)CNCC(C)C.CC(C)CNCS(=O)(=O)CC(C)C.CC(C)CS(=O)(=O)/C=C/C(C)(C)C.CC(C)CS(=O)(=O)C(C)C.CC(C)CS(=O)(=O)CC(C)C.CC(C)CS(=O)(=O)CNC(=O)C(C)C.CC(C)CS(=O)(=O)CNC(C)C. The number of amides is 1. The topological polar surface area (TPSA) is 367 Å². The summed E-state index contributed by atoms with van der Waals surface area (Å²) in [5.74, 6) is 7.10. The predicted octanol–water partition coefficient (Wildman–Crippen LogP) is 16.2. The third-order valence-corrected chi connectivity index (χ3v) is 29.3. The Labute approximate surface area is 721 Å². The normalized spacial score (nSPS) is 12.7. The molecule has 0 heterocycles. The maximum absolute atomic E-state index is 11.4. The predicted molar refractivity (Wildman–Crippen MR) is 505 cm³/mol. The van der Waals surface area contributed by atoms with Crippen molar-refractivity contribution in [3.05, 3.63) is 11.5 Å². The highest BCUT2D eigenvalue weighted by Crippen LogP contribution is 2.17. The first-order chi connectivity index (χ1) is 51.5. The van der Waals surface area contributed by atoms with Gasteiger partial charge in [-0.05, 0) is 141 Å². The minimum absolute atomic E-state index is 0.0654. The summed E-state index contributed by atoms with van der Waals surface area (Å²) in [5, 5.41) is 16.1. The van der Waals surface area contributed by atoms with Crippen LogP contribution in [0.5, 0.6) is 0 Å². The van der Waals surface area contributed by atoms with Gasteiger partial charge in [-0.3, -0.25) is 9.59 Å². The van der Waals surface area contributed by atoms with Gasteiger partial charge in [0.2, 0.25) is 5.91 Å². The van der Waals surface area contributed by atoms with Crippen LogP contribution < -0.4 is 26.6 Å². The third kappa shape index (κ3) is 125. The van der Waals surface area contributed by atoms with E-state index in [2.05, 4.69) is 95.8 Å². The number of hydrogen-bond acceptors (Lipinski definition) is 22. The van der Waals surface area contributed by atoms with Gasteiger partial charge in [0.1, 0.15) is 17.4 Å². The van der Waals surface area contributed by atoms with Crippen LogP contribution in [-0.4, -0.2) is 203 Å². The number of Topliss-reactive ketones (excluding diaryl/α,β-unsaturated/α-hetero) is 1. The summed E-state index contributed by atoms with van der Waals surface area (Å²) >= 11 is 0. The van der Waals surface area contributed by atoms with Crippen LogP contribution in [-0.2, 0) is 88.3 Å². The average Bonchev–Trinajstić information content (AvgIpc) is 0.898. The molecular weight excluding hydrogens is 1640 g/mol. The van der Waals surface area contributed by atoms with Crippen molar-refractivity contribution in [1.82, 2.24) is 26.6 Å². The van der Waals surface area contributed by atoms with E-state index >= 15 is 0 Å². The summed E-state index contributed by atoms with van der Waals surface area (Å²) in [6.45, 7) is 84.9. The zero-order chi connectivity index (χ0) is 94.7. The van der Waals surface area contributed by atoms with Crippen LogP contribution in [0.3, 0.4) is 0 Å². The fourth-order valence-electron chi connectivity index (χ4n) is 8.92. The second kappa shape index (κ2) is 70.6. The Morgan fingerprint density at radius 3 is 0.871 bits per heavy atom. The molecule has 5 N–H and O–H groups in total. The van der Waals surface area contributed by atoms with Crippen LogP contribution >= 0.6 is 0 Å². The van der Waals surface area contributed by atoms with Gasteiger partial charge >= 0.3 is 0 Å². The summed E-state index contributed by atoms with van der Waals surface area (Å²) in [7, 11) is -23.4. The van der Waals surface area contributed by atoms with Gasteiger partial charge in [-0.2, -0.15) is 0 Å². The Bertz CT molecular complexity index is 3310. The molecule has 0 atom stereocenters. The van der Waals surface area contributed by atoms with E-state index in [1.807, 2.05) is 187 Å². The molecule has 0 rings (SSSR count). The lowest BCUT2D eigenvalue weighted by Crippen LogP contribution is -2.34. The molecular formula is C85H189N5O18S8. The van der Waals surface area contributed by atoms with Crippen LogP contribution in [0.4, 0.5) is 0 Å². The molecule has 0 aromatic rings. The number of rotatable bonds is 44. The molecule has 0 aromatic carbocycles. The van der Waals surface area contributed by atoms with Gasteiger partial charge in [0.25, 0.3) is 0 Å². The van der Waals surface area contributed by atoms with Crippen LogP contribution in [0, 0.1) is 100 Å². The maximum atomic E-state index is 11.4. The number of ketones is 1. The Kier molecular flexibility index (Phi) is 82.1. The fraction of sp³-hybridized carbons (Fsp3) is 0.953. The summed E-state index contributed by atoms with van der Waals surface area (Å²) in [6, 6.07) is 0.865. The Morgan fingerprint density at radius 1 is 0.302 bits per heavy atom. The highest BCUT2D eigenvalue weighted by molar-refractivity contribution is 7.94. The van der Waals surface area contributed by atoms with Gasteiger partial charge in [0.15, 0.2) is 78.7 Å². The Hall–Kier alpha value is -1.68. The largest absolute Gasteiger partial charge is 0.342 e. The van der Waals surface area contributed by atoms with Crippen LogP contribution in [0.2, 0.25) is 0 Å². The van der Waals surface area contributed by atoms with Gasteiger partial charge in [-0.25, -0.2) is 67.3 Å². The second-order valence-corrected chi connectivity index (χ2v) is 56.8. The molecule has 0 saturated carbocycles. The molecule has 0 bridgehead atoms. The third-order valence-electron chi connectivity index (χ3n) is 13.4. The van der Waals surface area contributed by atoms with E-state index in [1.165, 1.54) is 5.41 Å². The smallest absolute Gasteiger partial charge is 0.223 e. The van der Waals surface area contributed by atoms with E-state index in [0.29, 0.717) is 53.1 Å². The summed E-state index contributed by atoms with van der Waals surface area (Å²) in [6.07, 6.45) is 2.89. The molecule has 31 heteroatoms. The number of carbonyl (C=O) groups is 2. The van der Waals surface area contributed by atoms with E-state index < -0.39 is 78.7 Å². The lowest BCUT2D eigenvalue weighted by molar-refractivity contribution is -0.123. The van der Waals surface area contributed by atoms with E-state index in [0.717, 1.165) is 50.4 Å². The van der Waals surface area contributed by atoms with Crippen molar-refractivity contribution in [2.75, 3.05) is 107 Å². The maximum Gasteiger partial charge on any atom is 0.223 e. The number of allylic oxidation sites excluding steroid dienone is 1. The van der Waals surface area contributed by atoms with Gasteiger partial charge in [0.05, 0.1) is 74.5 Å². The molecule has 710 valence electrons. The molecule has 0 aromatic heterocycles. The summed E-state index contributed by atoms with van der Waals surface area (Å²) in [4.78, 5) is 22.4. The Morgan fingerprint density at radius 2 is 0.603 bits per heavy atom. The molecule has 0 aliphatic rings. The summed E-state index contributed by atoms with van der Waals surface area (Å²) < 4.78 is 181. The number of carbonyl (C=O) groups excluding carboxylic acids is 2. The van der Waals surface area contributed by atoms with Crippen molar-refractivity contribution < 1.29 is 76.9 Å². The molecule has 0 aliphatic heterocycles. The number of hydrogen-bond donors (Lipinski definition) is 5. The number of nitrogens with one attached hydrogen (secondary N) is 5. The molecule has 116 heavy (non-hydrogen) atoms. The minimum Gasteiger partial charge on any atom is -0.342 e. The van der Waals surface area contributed by atoms with Crippen molar-refractivity contribution in [1.29, 1.82) is 0 Å². The quantitative estimate of drug-likeness (QED) is 0.0378. The zero-order valence-corrected chi connectivity index (χ0v) is 88.4. The zero-order valence-electron chi connectivity index (χ0n) is 81.9. The second-order valence-electron chi connectivity index (χ2n) is 39.5. The first-order valence-corrected chi connectivity index (χ1v) is 56.9. The molecule has 23 nitrogen and oxygen atoms in total. The highest BCUT2D eigenvalue weighted by atomic mass is 32.2. The number of sulfone groups is 8. The van der Waals surface area contributed by atoms with E-state index in [9.17, 15) is 76.9 Å². The molecule has 0 unspecified atom stereocenters. The lowest BCUT2D eigenvalue weighted by Gasteiger charge is -2.11. The summed E-state index contributed by atoms with van der Waals surface area (Å²) in [5.41, 5.74) is -0.0654. The van der Waals surface area contributed by atoms with E-state index in [-0.39, 0.29) is 146 Å². The van der Waals surface area contributed by atoms with Gasteiger partial charge < -0.3 is 26.6 Å². The van der Waals surface area contributed by atoms with Crippen molar-refractivity contribution in [3.8, 4) is 0 Å². The van der Waals surface area contributed by atoms with Crippen molar-refractivity contribution in [3.63, 3.8) is 0 Å². The molecule has 0 fully saturated rings. The fourth-order valence-corrected chi connectivity index (χ4v) is 22.6. The van der Waals surface area contributed by atoms with Crippen LogP contribution in [0.1, 0.15) is 297 Å². The standard InChI is InChI=1S/C10H20O3S.C10H20O2S.C9H19NO3S.C9H21NO2S.C9H20O2S.C8H19NO2S.C8H19N.C8H18O2S.C7H17N.C7H16O2S/c1-8(2)5-10(11)7-14(12,13)6-9(3)4;1-9(2)8-13(11,12)7-6-10(3,4)5;1-7(2)5-14(12,13)6-10-9(11)8(3)4;1-8(2)5-10-7-13(11,12)6-9(3)4;1-8(2)5-6-12(10,11)7-9(3)4;1-7(2)5-12(10,11)6-9-8(3)4;1-7(2)5-9-6-8(3)4;1-7(2)5-11(9,10)6-8(3)4;1-6(2)5-8-7(3)4;1-6(2)5-10(8,9)7(3)4/h8-9H,5-7H2,1-4H3;6-7,9H,8H2,1-5H3;7-8H,5-6H2,1-4H3,(H,10,11);8-10H,5-7H2,1-4H3;8-9H,5-7H2,1-4H3;7-9H,5-6H2,1-4H3;7-9H,5-6H2,1-4H3;7-8H,5-6H2,1-4H3;6-8H,5H2,1-4H3;6-7H,5H2,1-4H3/b;7-6+;;;;;;;;. The molecule has 0 aliphatic carbocycles. The molecule has 1 amide bonds. The van der Waals surface area contributed by atoms with Crippen molar-refractivity contribution >= 4 is 90.4 Å². The highest BCUT2D eigenvalue weighted by Gasteiger charge is 2.22. The van der Waals surface area contributed by atoms with Gasteiger partial charge in [0, 0.05) is 29.8 Å². The Balaban J connectivity index is -0.000000135. The lowest BCUT2D eigenvalue weighted by atomic mass is 9.98. The average molecular weight is 1830 g/mol. The van der Waals surface area contributed by atoms with Crippen LogP contribution in [0.25, 0.3) is 0 Å². The first-order valence-electron chi connectivity index (χ1n) is 42.6. The van der Waals surface area contributed by atoms with Crippen molar-refractivity contribution in [2.24, 2.45) is 100 Å². The molecule has 0 saturated heterocycles. The van der Waals surface area contributed by atoms with Crippen LogP contribution in [0.15, 0.2) is 11.5 Å². The van der Waals surface area contributed by atoms with E-state index in [1.54, 1.807) is 33.8 Å². The van der Waals surface area contributed by atoms with E-state index in [4.69, 9.17) is 0 Å². The minimum atomic E-state index is -3.18. The monoisotopic (exact) mass is 1820 g/mol. The van der Waals surface area contributed by atoms with Crippen molar-refractivity contribution in [2.45, 2.75) is 314 Å².